The third-order valence-electron chi connectivity index (χ3n) is 10.5. The van der Waals surface area contributed by atoms with Gasteiger partial charge in [-0.1, -0.05) is 43.2 Å². The number of carbonyl (C=O) groups is 3. The number of piperidine rings is 1. The van der Waals surface area contributed by atoms with Crippen molar-refractivity contribution in [1.82, 2.24) is 24.7 Å². The van der Waals surface area contributed by atoms with Gasteiger partial charge in [0.1, 0.15) is 6.33 Å². The van der Waals surface area contributed by atoms with E-state index < -0.39 is 12.5 Å². The zero-order chi connectivity index (χ0) is 32.2. The smallest absolute Gasteiger partial charge is 0.342 e. The summed E-state index contributed by atoms with van der Waals surface area (Å²) >= 11 is 0. The van der Waals surface area contributed by atoms with Gasteiger partial charge in [0.2, 0.25) is 12.2 Å². The minimum absolute atomic E-state index is 0.0912. The molecular formula is C34H44F3N5O3. The fraction of sp³-hybridized carbons (Fsp3) is 0.618. The van der Waals surface area contributed by atoms with Crippen molar-refractivity contribution < 1.29 is 27.6 Å². The first kappa shape index (κ1) is 33.0. The molecule has 0 bridgehead atoms. The summed E-state index contributed by atoms with van der Waals surface area (Å²) < 4.78 is 31.2. The minimum Gasteiger partial charge on any atom is -0.342 e. The molecule has 1 saturated carbocycles. The van der Waals surface area contributed by atoms with Gasteiger partial charge in [0.25, 0.3) is 5.91 Å². The first-order chi connectivity index (χ1) is 21.5. The van der Waals surface area contributed by atoms with E-state index in [9.17, 15) is 22.8 Å². The van der Waals surface area contributed by atoms with E-state index in [1.165, 1.54) is 24.7 Å². The van der Waals surface area contributed by atoms with E-state index in [1.807, 2.05) is 18.7 Å². The van der Waals surface area contributed by atoms with Crippen molar-refractivity contribution in [2.24, 2.45) is 17.8 Å². The number of halogens is 3. The van der Waals surface area contributed by atoms with Crippen LogP contribution in [0, 0.1) is 31.6 Å². The predicted octanol–water partition coefficient (Wildman–Crippen LogP) is 4.99. The molecule has 1 aromatic carbocycles. The van der Waals surface area contributed by atoms with E-state index in [-0.39, 0.29) is 17.2 Å². The van der Waals surface area contributed by atoms with E-state index >= 15 is 0 Å². The molecule has 3 aliphatic heterocycles. The Bertz CT molecular complexity index is 1310. The summed E-state index contributed by atoms with van der Waals surface area (Å²) in [6, 6.07) is 11.0. The predicted molar refractivity (Wildman–Crippen MR) is 163 cm³/mol. The zero-order valence-corrected chi connectivity index (χ0v) is 26.3. The minimum atomic E-state index is -4.64. The van der Waals surface area contributed by atoms with Gasteiger partial charge in [-0.15, -0.1) is 0 Å². The van der Waals surface area contributed by atoms with Gasteiger partial charge >= 0.3 is 6.18 Å². The van der Waals surface area contributed by atoms with Crippen molar-refractivity contribution in [2.45, 2.75) is 70.4 Å². The number of hydrogen-bond donors (Lipinski definition) is 0. The summed E-state index contributed by atoms with van der Waals surface area (Å²) in [5.74, 6) is 1.85. The number of aromatic nitrogens is 2. The molecule has 2 aromatic rings. The zero-order valence-electron chi connectivity index (χ0n) is 26.3. The summed E-state index contributed by atoms with van der Waals surface area (Å²) in [6.07, 6.45) is 3.65. The second kappa shape index (κ2) is 14.0. The van der Waals surface area contributed by atoms with Crippen LogP contribution in [0.15, 0.2) is 36.7 Å². The first-order valence-electron chi connectivity index (χ1n) is 16.2. The van der Waals surface area contributed by atoms with Crippen LogP contribution in [-0.4, -0.2) is 94.8 Å². The molecule has 0 N–H and O–H groups in total. The lowest BCUT2D eigenvalue weighted by Gasteiger charge is -2.44. The third-order valence-corrected chi connectivity index (χ3v) is 10.5. The number of nitrogens with zero attached hydrogens (tertiary/aromatic N) is 5. The standard InChI is InChI=1S/C32H43N5O2.C2HF3O/c1-23-29(24(2)34-22-33-23)31(39)37-20-26-18-35(19-27(26)21-37)15-12-32(28-10-4-3-5-11-28)13-16-36(17-14-32)30(38)25-8-6-7-9-25;3-2(4,5)1-6/h3-5,10-11,22,25-27H,6-9,12-21H2,1-2H3;1H. The van der Waals surface area contributed by atoms with Crippen molar-refractivity contribution in [1.29, 1.82) is 0 Å². The largest absolute Gasteiger partial charge is 0.446 e. The molecule has 6 rings (SSSR count). The number of alkyl halides is 3. The maximum absolute atomic E-state index is 13.3. The van der Waals surface area contributed by atoms with Gasteiger partial charge in [0.15, 0.2) is 0 Å². The molecule has 45 heavy (non-hydrogen) atoms. The molecule has 4 aliphatic rings. The van der Waals surface area contributed by atoms with Gasteiger partial charge in [0.05, 0.1) is 17.0 Å². The molecule has 1 aromatic heterocycles. The molecular weight excluding hydrogens is 583 g/mol. The molecule has 1 aliphatic carbocycles. The lowest BCUT2D eigenvalue weighted by atomic mass is 9.70. The Morgan fingerprint density at radius 2 is 1.47 bits per heavy atom. The first-order valence-corrected chi connectivity index (χ1v) is 16.2. The van der Waals surface area contributed by atoms with Crippen LogP contribution < -0.4 is 0 Å². The fourth-order valence-corrected chi connectivity index (χ4v) is 7.93. The Morgan fingerprint density at radius 1 is 0.911 bits per heavy atom. The molecule has 8 nitrogen and oxygen atoms in total. The highest BCUT2D eigenvalue weighted by Gasteiger charge is 2.44. The van der Waals surface area contributed by atoms with E-state index in [0.717, 1.165) is 89.3 Å². The highest BCUT2D eigenvalue weighted by Crippen LogP contribution is 2.41. The molecule has 11 heteroatoms. The molecule has 0 radical (unpaired) electrons. The van der Waals surface area contributed by atoms with Crippen LogP contribution in [0.4, 0.5) is 13.2 Å². The molecule has 2 atom stereocenters. The second-order valence-corrected chi connectivity index (χ2v) is 13.3. The average molecular weight is 628 g/mol. The number of hydrogen-bond acceptors (Lipinski definition) is 6. The summed E-state index contributed by atoms with van der Waals surface area (Å²) in [5, 5.41) is 0. The van der Waals surface area contributed by atoms with E-state index in [2.05, 4.69) is 50.1 Å². The second-order valence-electron chi connectivity index (χ2n) is 13.3. The van der Waals surface area contributed by atoms with E-state index in [1.54, 1.807) is 0 Å². The summed E-state index contributed by atoms with van der Waals surface area (Å²) in [5.41, 5.74) is 3.79. The van der Waals surface area contributed by atoms with Gasteiger partial charge < -0.3 is 14.7 Å². The van der Waals surface area contributed by atoms with Gasteiger partial charge in [-0.25, -0.2) is 9.97 Å². The third kappa shape index (κ3) is 7.73. The summed E-state index contributed by atoms with van der Waals surface area (Å²) in [7, 11) is 0. The Morgan fingerprint density at radius 3 is 2.00 bits per heavy atom. The number of benzene rings is 1. The van der Waals surface area contributed by atoms with Crippen LogP contribution in [0.1, 0.15) is 72.3 Å². The fourth-order valence-electron chi connectivity index (χ4n) is 7.93. The SMILES string of the molecule is Cc1ncnc(C)c1C(=O)N1CC2CN(CCC3(c4ccccc4)CCN(C(=O)C4CCCC4)CC3)CC2C1.O=CC(F)(F)F. The van der Waals surface area contributed by atoms with E-state index in [0.29, 0.717) is 23.3 Å². The highest BCUT2D eigenvalue weighted by atomic mass is 19.4. The Labute approximate surface area is 263 Å². The van der Waals surface area contributed by atoms with Gasteiger partial charge in [-0.3, -0.25) is 14.4 Å². The van der Waals surface area contributed by atoms with Crippen LogP contribution in [0.5, 0.6) is 0 Å². The summed E-state index contributed by atoms with van der Waals surface area (Å²) in [6.45, 7) is 10.4. The van der Waals surface area contributed by atoms with Crippen molar-refractivity contribution in [3.8, 4) is 0 Å². The Kier molecular flexibility index (Phi) is 10.3. The van der Waals surface area contributed by atoms with Crippen LogP contribution >= 0.6 is 0 Å². The monoisotopic (exact) mass is 627 g/mol. The maximum atomic E-state index is 13.3. The normalized spacial score (nSPS) is 23.4. The van der Waals surface area contributed by atoms with Gasteiger partial charge in [0, 0.05) is 45.2 Å². The number of rotatable bonds is 6. The number of carbonyl (C=O) groups excluding carboxylic acids is 3. The number of likely N-dealkylation sites (tertiary alicyclic amines) is 3. The molecule has 0 spiro atoms. The number of amides is 2. The van der Waals surface area contributed by atoms with E-state index in [4.69, 9.17) is 4.79 Å². The highest BCUT2D eigenvalue weighted by molar-refractivity contribution is 5.96. The van der Waals surface area contributed by atoms with Crippen LogP contribution in [0.25, 0.3) is 0 Å². The van der Waals surface area contributed by atoms with Crippen LogP contribution in [0.2, 0.25) is 0 Å². The topological polar surface area (TPSA) is 86.7 Å². The quantitative estimate of drug-likeness (QED) is 0.420. The van der Waals surface area contributed by atoms with Crippen molar-refractivity contribution >= 4 is 18.1 Å². The van der Waals surface area contributed by atoms with Crippen molar-refractivity contribution in [3.05, 3.63) is 59.2 Å². The van der Waals surface area contributed by atoms with Gasteiger partial charge in [-0.2, -0.15) is 13.2 Å². The summed E-state index contributed by atoms with van der Waals surface area (Å²) in [4.78, 5) is 50.5. The lowest BCUT2D eigenvalue weighted by molar-refractivity contribution is -0.156. The molecule has 4 heterocycles. The van der Waals surface area contributed by atoms with Crippen molar-refractivity contribution in [3.63, 3.8) is 0 Å². The molecule has 2 amide bonds. The Hall–Kier alpha value is -3.34. The number of aldehydes is 1. The number of aryl methyl sites for hydroxylation is 2. The molecule has 244 valence electrons. The average Bonchev–Trinajstić information content (AvgIpc) is 3.78. The van der Waals surface area contributed by atoms with Gasteiger partial charge in [-0.05, 0) is 75.3 Å². The molecule has 4 fully saturated rings. The number of fused-ring (bicyclic) bond motifs is 1. The van der Waals surface area contributed by atoms with Crippen molar-refractivity contribution in [2.75, 3.05) is 45.8 Å². The Balaban J connectivity index is 0.000000609. The molecule has 2 unspecified atom stereocenters. The molecule has 3 saturated heterocycles. The van der Waals surface area contributed by atoms with Crippen LogP contribution in [0.3, 0.4) is 0 Å². The van der Waals surface area contributed by atoms with Crippen LogP contribution in [-0.2, 0) is 15.0 Å². The maximum Gasteiger partial charge on any atom is 0.446 e. The lowest BCUT2D eigenvalue weighted by Crippen LogP contribution is -2.48.